The molecule has 0 saturated carbocycles. The summed E-state index contributed by atoms with van der Waals surface area (Å²) in [6, 6.07) is 2.95. The van der Waals surface area contributed by atoms with E-state index in [0.29, 0.717) is 26.2 Å². The predicted octanol–water partition coefficient (Wildman–Crippen LogP) is 0.967. The normalized spacial score (nSPS) is 16.7. The molecular formula is C15H22N4O3S. The second-order valence-electron chi connectivity index (χ2n) is 5.42. The molecule has 2 rings (SSSR count). The molecule has 2 N–H and O–H groups in total. The molecule has 0 aromatic carbocycles. The Bertz CT molecular complexity index is 625. The Morgan fingerprint density at radius 2 is 2.13 bits per heavy atom. The van der Waals surface area contributed by atoms with E-state index >= 15 is 0 Å². The smallest absolute Gasteiger partial charge is 0.315 e. The van der Waals surface area contributed by atoms with Gasteiger partial charge in [0.15, 0.2) is 0 Å². The maximum atomic E-state index is 12.5. The van der Waals surface area contributed by atoms with E-state index in [-0.39, 0.29) is 16.8 Å². The molecule has 126 valence electrons. The molecule has 1 saturated heterocycles. The zero-order valence-electron chi connectivity index (χ0n) is 12.9. The van der Waals surface area contributed by atoms with Crippen LogP contribution in [0.4, 0.5) is 4.79 Å². The number of nitrogens with one attached hydrogen (secondary N) is 2. The predicted molar refractivity (Wildman–Crippen MR) is 87.3 cm³/mol. The number of hydrogen-bond donors (Lipinski definition) is 2. The third-order valence-electron chi connectivity index (χ3n) is 3.80. The molecule has 23 heavy (non-hydrogen) atoms. The fourth-order valence-corrected chi connectivity index (χ4v) is 3.90. The lowest BCUT2D eigenvalue weighted by atomic mass is 9.98. The van der Waals surface area contributed by atoms with Crippen molar-refractivity contribution in [2.24, 2.45) is 5.92 Å². The van der Waals surface area contributed by atoms with Crippen LogP contribution in [-0.2, 0) is 10.0 Å². The van der Waals surface area contributed by atoms with Crippen LogP contribution in [0.1, 0.15) is 12.8 Å². The quantitative estimate of drug-likeness (QED) is 0.756. The maximum Gasteiger partial charge on any atom is 0.315 e. The average Bonchev–Trinajstić information content (AvgIpc) is 2.59. The van der Waals surface area contributed by atoms with Crippen molar-refractivity contribution in [3.05, 3.63) is 37.2 Å². The molecule has 0 unspecified atom stereocenters. The molecule has 0 atom stereocenters. The van der Waals surface area contributed by atoms with Gasteiger partial charge in [0.05, 0.1) is 0 Å². The van der Waals surface area contributed by atoms with Gasteiger partial charge in [-0.3, -0.25) is 4.98 Å². The fraction of sp³-hybridized carbons (Fsp3) is 0.467. The summed E-state index contributed by atoms with van der Waals surface area (Å²) in [5.74, 6) is 0.282. The highest BCUT2D eigenvalue weighted by Crippen LogP contribution is 2.22. The molecular weight excluding hydrogens is 316 g/mol. The first kappa shape index (κ1) is 17.4. The van der Waals surface area contributed by atoms with E-state index < -0.39 is 10.0 Å². The van der Waals surface area contributed by atoms with Crippen LogP contribution < -0.4 is 10.6 Å². The van der Waals surface area contributed by atoms with Gasteiger partial charge in [0.25, 0.3) is 0 Å². The highest BCUT2D eigenvalue weighted by atomic mass is 32.2. The first-order valence-electron chi connectivity index (χ1n) is 7.57. The van der Waals surface area contributed by atoms with E-state index in [0.717, 1.165) is 12.8 Å². The molecule has 1 aromatic rings. The summed E-state index contributed by atoms with van der Waals surface area (Å²) in [6.45, 7) is 5.41. The maximum absolute atomic E-state index is 12.5. The number of hydrogen-bond acceptors (Lipinski definition) is 4. The van der Waals surface area contributed by atoms with E-state index in [1.54, 1.807) is 24.4 Å². The zero-order chi connectivity index (χ0) is 16.7. The van der Waals surface area contributed by atoms with Crippen molar-refractivity contribution in [3.8, 4) is 0 Å². The molecule has 8 heteroatoms. The number of rotatable bonds is 6. The number of carbonyl (C=O) groups is 1. The van der Waals surface area contributed by atoms with E-state index in [9.17, 15) is 13.2 Å². The Kier molecular flexibility index (Phi) is 6.12. The molecule has 0 spiro atoms. The van der Waals surface area contributed by atoms with Crippen LogP contribution in [-0.4, -0.2) is 49.9 Å². The summed E-state index contributed by atoms with van der Waals surface area (Å²) in [5, 5.41) is 5.44. The third-order valence-corrected chi connectivity index (χ3v) is 5.69. The molecule has 1 aliphatic heterocycles. The Hall–Kier alpha value is -1.93. The van der Waals surface area contributed by atoms with Crippen LogP contribution in [0, 0.1) is 5.92 Å². The summed E-state index contributed by atoms with van der Waals surface area (Å²) in [5.41, 5.74) is 0. The van der Waals surface area contributed by atoms with E-state index in [1.165, 1.54) is 10.5 Å². The zero-order valence-corrected chi connectivity index (χ0v) is 13.8. The van der Waals surface area contributed by atoms with Crippen molar-refractivity contribution in [1.29, 1.82) is 0 Å². The molecule has 1 fully saturated rings. The average molecular weight is 338 g/mol. The van der Waals surface area contributed by atoms with Crippen LogP contribution in [0.5, 0.6) is 0 Å². The minimum Gasteiger partial charge on any atom is -0.338 e. The van der Waals surface area contributed by atoms with Crippen molar-refractivity contribution in [3.63, 3.8) is 0 Å². The molecule has 1 aromatic heterocycles. The third kappa shape index (κ3) is 4.77. The van der Waals surface area contributed by atoms with Crippen molar-refractivity contribution < 1.29 is 13.2 Å². The van der Waals surface area contributed by atoms with E-state index in [1.807, 2.05) is 0 Å². The van der Waals surface area contributed by atoms with Crippen molar-refractivity contribution in [1.82, 2.24) is 19.9 Å². The fourth-order valence-electron chi connectivity index (χ4n) is 2.47. The van der Waals surface area contributed by atoms with Crippen LogP contribution >= 0.6 is 0 Å². The standard InChI is InChI=1S/C15H22N4O3S/c1-2-7-17-15(20)18-11-13-5-9-19(10-6-13)23(21,22)14-4-3-8-16-12-14/h2-4,8,12-13H,1,5-7,9-11H2,(H2,17,18,20). The van der Waals surface area contributed by atoms with E-state index in [4.69, 9.17) is 0 Å². The Labute approximate surface area is 136 Å². The molecule has 2 amide bonds. The van der Waals surface area contributed by atoms with E-state index in [2.05, 4.69) is 22.2 Å². The summed E-state index contributed by atoms with van der Waals surface area (Å²) in [6.07, 6.45) is 5.98. The largest absolute Gasteiger partial charge is 0.338 e. The van der Waals surface area contributed by atoms with Gasteiger partial charge < -0.3 is 10.6 Å². The number of carbonyl (C=O) groups excluding carboxylic acids is 1. The summed E-state index contributed by atoms with van der Waals surface area (Å²) < 4.78 is 26.4. The SMILES string of the molecule is C=CCNC(=O)NCC1CCN(S(=O)(=O)c2cccnc2)CC1. The van der Waals surface area contributed by atoms with Crippen LogP contribution in [0.2, 0.25) is 0 Å². The van der Waals surface area contributed by atoms with Gasteiger partial charge in [0, 0.05) is 38.6 Å². The van der Waals surface area contributed by atoms with Crippen LogP contribution in [0.15, 0.2) is 42.1 Å². The molecule has 0 radical (unpaired) electrons. The number of pyridine rings is 1. The molecule has 7 nitrogen and oxygen atoms in total. The lowest BCUT2D eigenvalue weighted by Crippen LogP contribution is -2.43. The van der Waals surface area contributed by atoms with Gasteiger partial charge in [0.1, 0.15) is 4.90 Å². The number of urea groups is 1. The minimum absolute atomic E-state index is 0.223. The first-order valence-corrected chi connectivity index (χ1v) is 9.01. The molecule has 0 bridgehead atoms. The van der Waals surface area contributed by atoms with Crippen LogP contribution in [0.25, 0.3) is 0 Å². The summed E-state index contributed by atoms with van der Waals surface area (Å²) in [4.78, 5) is 15.6. The Morgan fingerprint density at radius 1 is 1.39 bits per heavy atom. The number of aromatic nitrogens is 1. The lowest BCUT2D eigenvalue weighted by molar-refractivity contribution is 0.232. The van der Waals surface area contributed by atoms with Gasteiger partial charge >= 0.3 is 6.03 Å². The highest BCUT2D eigenvalue weighted by Gasteiger charge is 2.29. The number of nitrogens with zero attached hydrogens (tertiary/aromatic N) is 2. The minimum atomic E-state index is -3.47. The second kappa shape index (κ2) is 8.07. The topological polar surface area (TPSA) is 91.4 Å². The van der Waals surface area contributed by atoms with Gasteiger partial charge in [-0.25, -0.2) is 13.2 Å². The lowest BCUT2D eigenvalue weighted by Gasteiger charge is -2.31. The number of sulfonamides is 1. The van der Waals surface area contributed by atoms with Gasteiger partial charge in [-0.1, -0.05) is 6.08 Å². The van der Waals surface area contributed by atoms with Crippen molar-refractivity contribution in [2.45, 2.75) is 17.7 Å². The van der Waals surface area contributed by atoms with Gasteiger partial charge in [-0.05, 0) is 30.9 Å². The second-order valence-corrected chi connectivity index (χ2v) is 7.35. The van der Waals surface area contributed by atoms with Gasteiger partial charge in [0.2, 0.25) is 10.0 Å². The molecule has 2 heterocycles. The monoisotopic (exact) mass is 338 g/mol. The highest BCUT2D eigenvalue weighted by molar-refractivity contribution is 7.89. The summed E-state index contributed by atoms with van der Waals surface area (Å²) in [7, 11) is -3.47. The van der Waals surface area contributed by atoms with Crippen molar-refractivity contribution >= 4 is 16.1 Å². The van der Waals surface area contributed by atoms with Crippen LogP contribution in [0.3, 0.4) is 0 Å². The Morgan fingerprint density at radius 3 is 2.74 bits per heavy atom. The Balaban J connectivity index is 1.82. The molecule has 1 aliphatic rings. The van der Waals surface area contributed by atoms with Gasteiger partial charge in [-0.2, -0.15) is 4.31 Å². The summed E-state index contributed by atoms with van der Waals surface area (Å²) >= 11 is 0. The first-order chi connectivity index (χ1) is 11.0. The molecule has 0 aliphatic carbocycles. The number of piperidine rings is 1. The number of amides is 2. The van der Waals surface area contributed by atoms with Gasteiger partial charge in [-0.15, -0.1) is 6.58 Å². The van der Waals surface area contributed by atoms with Crippen molar-refractivity contribution in [2.75, 3.05) is 26.2 Å².